The first-order chi connectivity index (χ1) is 13.9. The Bertz CT molecular complexity index is 871. The molecule has 3 heterocycles. The van der Waals surface area contributed by atoms with Crippen molar-refractivity contribution in [1.82, 2.24) is 29.5 Å². The van der Waals surface area contributed by atoms with Crippen molar-refractivity contribution in [3.05, 3.63) is 34.4 Å². The van der Waals surface area contributed by atoms with Gasteiger partial charge in [0.15, 0.2) is 0 Å². The van der Waals surface area contributed by atoms with Crippen LogP contribution in [-0.4, -0.2) is 67.7 Å². The van der Waals surface area contributed by atoms with Gasteiger partial charge in [-0.1, -0.05) is 12.8 Å². The molecule has 0 N–H and O–H groups in total. The van der Waals surface area contributed by atoms with E-state index in [1.165, 1.54) is 25.7 Å². The number of piperazine rings is 1. The van der Waals surface area contributed by atoms with Gasteiger partial charge < -0.3 is 4.90 Å². The molecule has 1 amide bonds. The van der Waals surface area contributed by atoms with E-state index < -0.39 is 0 Å². The van der Waals surface area contributed by atoms with Gasteiger partial charge in [0.25, 0.3) is 5.95 Å². The Balaban J connectivity index is 1.44. The third-order valence-corrected chi connectivity index (χ3v) is 6.44. The molecule has 7 nitrogen and oxygen atoms in total. The van der Waals surface area contributed by atoms with E-state index in [2.05, 4.69) is 20.0 Å². The Morgan fingerprint density at radius 1 is 1.00 bits per heavy atom. The fourth-order valence-electron chi connectivity index (χ4n) is 4.80. The smallest absolute Gasteiger partial charge is 0.251 e. The van der Waals surface area contributed by atoms with Crippen LogP contribution in [-0.2, 0) is 11.2 Å². The van der Waals surface area contributed by atoms with Gasteiger partial charge >= 0.3 is 0 Å². The molecule has 2 aromatic heterocycles. The van der Waals surface area contributed by atoms with Crippen molar-refractivity contribution in [2.75, 3.05) is 26.2 Å². The molecule has 1 aliphatic heterocycles. The van der Waals surface area contributed by atoms with E-state index in [1.807, 2.05) is 38.7 Å². The van der Waals surface area contributed by atoms with Crippen LogP contribution in [0.1, 0.15) is 54.0 Å². The van der Waals surface area contributed by atoms with Gasteiger partial charge in [-0.2, -0.15) is 5.10 Å². The minimum Gasteiger partial charge on any atom is -0.340 e. The van der Waals surface area contributed by atoms with E-state index in [0.29, 0.717) is 12.4 Å². The number of hydrogen-bond donors (Lipinski definition) is 0. The lowest BCUT2D eigenvalue weighted by atomic mass is 10.1. The zero-order valence-corrected chi connectivity index (χ0v) is 18.1. The van der Waals surface area contributed by atoms with Crippen LogP contribution in [0.25, 0.3) is 5.95 Å². The average molecular weight is 397 g/mol. The lowest BCUT2D eigenvalue weighted by molar-refractivity contribution is -0.132. The highest BCUT2D eigenvalue weighted by Crippen LogP contribution is 2.25. The largest absolute Gasteiger partial charge is 0.340 e. The van der Waals surface area contributed by atoms with E-state index in [4.69, 9.17) is 0 Å². The molecule has 4 rings (SSSR count). The van der Waals surface area contributed by atoms with E-state index >= 15 is 0 Å². The predicted molar refractivity (Wildman–Crippen MR) is 112 cm³/mol. The summed E-state index contributed by atoms with van der Waals surface area (Å²) in [7, 11) is 0. The first kappa shape index (κ1) is 20.0. The average Bonchev–Trinajstić information content (AvgIpc) is 3.32. The van der Waals surface area contributed by atoms with Gasteiger partial charge in [0.05, 0.1) is 12.1 Å². The molecule has 1 aliphatic carbocycles. The van der Waals surface area contributed by atoms with Crippen LogP contribution in [0, 0.1) is 27.7 Å². The van der Waals surface area contributed by atoms with Crippen LogP contribution in [0.4, 0.5) is 0 Å². The summed E-state index contributed by atoms with van der Waals surface area (Å²) in [6.45, 7) is 11.6. The third kappa shape index (κ3) is 4.20. The normalized spacial score (nSPS) is 18.6. The highest BCUT2D eigenvalue weighted by atomic mass is 16.2. The number of carbonyl (C=O) groups excluding carboxylic acids is 1. The summed E-state index contributed by atoms with van der Waals surface area (Å²) in [4.78, 5) is 26.6. The van der Waals surface area contributed by atoms with Gasteiger partial charge in [-0.3, -0.25) is 9.69 Å². The van der Waals surface area contributed by atoms with E-state index in [9.17, 15) is 4.79 Å². The molecule has 1 saturated heterocycles. The summed E-state index contributed by atoms with van der Waals surface area (Å²) in [5.41, 5.74) is 4.65. The van der Waals surface area contributed by atoms with Crippen molar-refractivity contribution in [2.24, 2.45) is 0 Å². The number of amides is 1. The van der Waals surface area contributed by atoms with Crippen molar-refractivity contribution in [1.29, 1.82) is 0 Å². The molecule has 0 unspecified atom stereocenters. The molecule has 2 aromatic rings. The fraction of sp³-hybridized carbons (Fsp3) is 0.636. The van der Waals surface area contributed by atoms with E-state index in [-0.39, 0.29) is 5.91 Å². The van der Waals surface area contributed by atoms with Crippen molar-refractivity contribution < 1.29 is 4.79 Å². The summed E-state index contributed by atoms with van der Waals surface area (Å²) >= 11 is 0. The van der Waals surface area contributed by atoms with Crippen LogP contribution in [0.2, 0.25) is 0 Å². The lowest BCUT2D eigenvalue weighted by Crippen LogP contribution is -2.51. The van der Waals surface area contributed by atoms with Crippen LogP contribution in [0.15, 0.2) is 6.07 Å². The molecule has 156 valence electrons. The number of aromatic nitrogens is 4. The number of nitrogens with zero attached hydrogens (tertiary/aromatic N) is 6. The molecule has 1 saturated carbocycles. The third-order valence-electron chi connectivity index (χ3n) is 6.44. The minimum atomic E-state index is 0.197. The van der Waals surface area contributed by atoms with Crippen molar-refractivity contribution >= 4 is 5.91 Å². The molecule has 0 bridgehead atoms. The molecular formula is C22H32N6O. The first-order valence-corrected chi connectivity index (χ1v) is 10.8. The number of carbonyl (C=O) groups is 1. The highest BCUT2D eigenvalue weighted by Gasteiger charge is 2.28. The van der Waals surface area contributed by atoms with Gasteiger partial charge in [-0.05, 0) is 46.6 Å². The Morgan fingerprint density at radius 2 is 1.62 bits per heavy atom. The van der Waals surface area contributed by atoms with E-state index in [1.54, 1.807) is 4.68 Å². The summed E-state index contributed by atoms with van der Waals surface area (Å²) in [5, 5.41) is 4.64. The van der Waals surface area contributed by atoms with Gasteiger partial charge in [0, 0.05) is 54.9 Å². The lowest BCUT2D eigenvalue weighted by Gasteiger charge is -2.38. The molecule has 7 heteroatoms. The predicted octanol–water partition coefficient (Wildman–Crippen LogP) is 2.53. The quantitative estimate of drug-likeness (QED) is 0.794. The zero-order chi connectivity index (χ0) is 20.5. The SMILES string of the molecule is Cc1cc(C)nc(-n2nc(C)c(CC(=O)N3CCN(C4CCCC4)CC3)c2C)n1. The second-order valence-electron chi connectivity index (χ2n) is 8.54. The standard InChI is InChI=1S/C22H32N6O/c1-15-13-16(2)24-22(23-15)28-18(4)20(17(3)25-28)14-21(29)27-11-9-26(10-12-27)19-7-5-6-8-19/h13,19H,5-12,14H2,1-4H3. The summed E-state index contributed by atoms with van der Waals surface area (Å²) in [6, 6.07) is 2.69. The fourth-order valence-corrected chi connectivity index (χ4v) is 4.80. The van der Waals surface area contributed by atoms with Crippen LogP contribution >= 0.6 is 0 Å². The summed E-state index contributed by atoms with van der Waals surface area (Å²) in [6.07, 6.45) is 5.76. The summed E-state index contributed by atoms with van der Waals surface area (Å²) in [5.74, 6) is 0.773. The molecule has 0 aromatic carbocycles. The van der Waals surface area contributed by atoms with Gasteiger partial charge in [0.2, 0.25) is 5.91 Å². The Kier molecular flexibility index (Phi) is 5.67. The molecule has 2 fully saturated rings. The van der Waals surface area contributed by atoms with Gasteiger partial charge in [-0.25, -0.2) is 14.6 Å². The maximum Gasteiger partial charge on any atom is 0.251 e. The second kappa shape index (κ2) is 8.22. The number of aryl methyl sites for hydroxylation is 3. The minimum absolute atomic E-state index is 0.197. The van der Waals surface area contributed by atoms with Crippen molar-refractivity contribution in [2.45, 2.75) is 65.8 Å². The Labute approximate surface area is 173 Å². The van der Waals surface area contributed by atoms with Gasteiger partial charge in [-0.15, -0.1) is 0 Å². The highest BCUT2D eigenvalue weighted by molar-refractivity contribution is 5.79. The number of hydrogen-bond acceptors (Lipinski definition) is 5. The maximum atomic E-state index is 13.0. The van der Waals surface area contributed by atoms with Gasteiger partial charge in [0.1, 0.15) is 0 Å². The summed E-state index contributed by atoms with van der Waals surface area (Å²) < 4.78 is 1.77. The Morgan fingerprint density at radius 3 is 2.24 bits per heavy atom. The number of rotatable bonds is 4. The Hall–Kier alpha value is -2.28. The van der Waals surface area contributed by atoms with Crippen LogP contribution in [0.3, 0.4) is 0 Å². The van der Waals surface area contributed by atoms with Crippen LogP contribution in [0.5, 0.6) is 0 Å². The first-order valence-electron chi connectivity index (χ1n) is 10.8. The molecule has 29 heavy (non-hydrogen) atoms. The van der Waals surface area contributed by atoms with Crippen molar-refractivity contribution in [3.8, 4) is 5.95 Å². The second-order valence-corrected chi connectivity index (χ2v) is 8.54. The molecule has 0 radical (unpaired) electrons. The molecular weight excluding hydrogens is 364 g/mol. The molecule has 0 atom stereocenters. The zero-order valence-electron chi connectivity index (χ0n) is 18.1. The van der Waals surface area contributed by atoms with Crippen molar-refractivity contribution in [3.63, 3.8) is 0 Å². The monoisotopic (exact) mass is 396 g/mol. The maximum absolute atomic E-state index is 13.0. The van der Waals surface area contributed by atoms with Crippen LogP contribution < -0.4 is 0 Å². The molecule has 2 aliphatic rings. The van der Waals surface area contributed by atoms with E-state index in [0.717, 1.165) is 60.6 Å². The molecule has 0 spiro atoms. The topological polar surface area (TPSA) is 67.2 Å².